The molecular formula is C12H11O2-. The van der Waals surface area contributed by atoms with Gasteiger partial charge in [-0.2, -0.15) is 0 Å². The van der Waals surface area contributed by atoms with Crippen LogP contribution in [0.15, 0.2) is 48.1 Å². The molecule has 0 saturated carbocycles. The van der Waals surface area contributed by atoms with E-state index >= 15 is 0 Å². The molecule has 0 aliphatic carbocycles. The highest BCUT2D eigenvalue weighted by Crippen LogP contribution is 2.04. The van der Waals surface area contributed by atoms with Gasteiger partial charge in [0, 0.05) is 0 Å². The molecule has 0 aromatic heterocycles. The average Bonchev–Trinajstić information content (AvgIpc) is 2.15. The lowest BCUT2D eigenvalue weighted by Gasteiger charge is -1.95. The molecule has 0 spiro atoms. The van der Waals surface area contributed by atoms with Gasteiger partial charge in [0.2, 0.25) is 0 Å². The summed E-state index contributed by atoms with van der Waals surface area (Å²) in [7, 11) is 0. The molecule has 1 rings (SSSR count). The molecule has 0 saturated heterocycles. The van der Waals surface area contributed by atoms with Crippen molar-refractivity contribution in [3.63, 3.8) is 0 Å². The number of benzene rings is 1. The number of carboxylic acids is 1. The molecule has 0 radical (unpaired) electrons. The van der Waals surface area contributed by atoms with Crippen LogP contribution in [0.4, 0.5) is 0 Å². The Morgan fingerprint density at radius 2 is 1.93 bits per heavy atom. The van der Waals surface area contributed by atoms with E-state index in [0.717, 1.165) is 11.6 Å². The van der Waals surface area contributed by atoms with E-state index in [2.05, 4.69) is 0 Å². The van der Waals surface area contributed by atoms with Gasteiger partial charge in [0.25, 0.3) is 0 Å². The molecule has 0 amide bonds. The second kappa shape index (κ2) is 5.02. The van der Waals surface area contributed by atoms with E-state index in [9.17, 15) is 9.90 Å². The molecule has 0 unspecified atom stereocenters. The van der Waals surface area contributed by atoms with Crippen LogP contribution in [0.5, 0.6) is 0 Å². The van der Waals surface area contributed by atoms with Crippen LogP contribution in [0.3, 0.4) is 0 Å². The molecule has 0 aliphatic heterocycles. The van der Waals surface area contributed by atoms with E-state index in [-0.39, 0.29) is 0 Å². The maximum Gasteiger partial charge on any atom is 0.0645 e. The van der Waals surface area contributed by atoms with Crippen molar-refractivity contribution in [3.05, 3.63) is 53.6 Å². The van der Waals surface area contributed by atoms with Crippen LogP contribution in [0.1, 0.15) is 12.5 Å². The van der Waals surface area contributed by atoms with Gasteiger partial charge in [-0.25, -0.2) is 0 Å². The predicted molar refractivity (Wildman–Crippen MR) is 54.2 cm³/mol. The highest BCUT2D eigenvalue weighted by Gasteiger charge is 1.84. The summed E-state index contributed by atoms with van der Waals surface area (Å²) in [5, 5.41) is 10.2. The van der Waals surface area contributed by atoms with E-state index in [0.29, 0.717) is 5.57 Å². The first-order chi connectivity index (χ1) is 6.68. The zero-order valence-corrected chi connectivity index (χ0v) is 7.94. The van der Waals surface area contributed by atoms with Gasteiger partial charge in [0.05, 0.1) is 5.97 Å². The van der Waals surface area contributed by atoms with Gasteiger partial charge in [0.15, 0.2) is 0 Å². The summed E-state index contributed by atoms with van der Waals surface area (Å²) in [6.07, 6.45) is 4.67. The number of allylic oxidation sites excluding steroid dienone is 2. The molecule has 0 fully saturated rings. The number of rotatable bonds is 3. The molecule has 2 heteroatoms. The second-order valence-corrected chi connectivity index (χ2v) is 2.95. The normalized spacial score (nSPS) is 11.9. The Labute approximate surface area is 83.2 Å². The molecule has 1 aromatic rings. The lowest BCUT2D eigenvalue weighted by Crippen LogP contribution is -2.19. The monoisotopic (exact) mass is 187 g/mol. The summed E-state index contributed by atoms with van der Waals surface area (Å²) in [4.78, 5) is 10.2. The van der Waals surface area contributed by atoms with Gasteiger partial charge in [-0.05, 0) is 24.1 Å². The smallest absolute Gasteiger partial charge is 0.0645 e. The van der Waals surface area contributed by atoms with E-state index in [1.165, 1.54) is 0 Å². The van der Waals surface area contributed by atoms with E-state index in [1.807, 2.05) is 36.4 Å². The minimum absolute atomic E-state index is 0.661. The number of hydrogen-bond acceptors (Lipinski definition) is 2. The quantitative estimate of drug-likeness (QED) is 0.530. The molecule has 2 nitrogen and oxygen atoms in total. The SMILES string of the molecule is CC(C=Cc1ccccc1)=CC(=O)[O-]. The van der Waals surface area contributed by atoms with Crippen LogP contribution < -0.4 is 5.11 Å². The number of carbonyl (C=O) groups excluding carboxylic acids is 1. The Bertz CT molecular complexity index is 361. The number of carboxylic acid groups (broad SMARTS) is 1. The first-order valence-electron chi connectivity index (χ1n) is 4.31. The van der Waals surface area contributed by atoms with Gasteiger partial charge in [0.1, 0.15) is 0 Å². The summed E-state index contributed by atoms with van der Waals surface area (Å²) < 4.78 is 0. The summed E-state index contributed by atoms with van der Waals surface area (Å²) in [6.45, 7) is 1.72. The first-order valence-corrected chi connectivity index (χ1v) is 4.31. The first kappa shape index (κ1) is 10.3. The van der Waals surface area contributed by atoms with Crippen LogP contribution >= 0.6 is 0 Å². The number of aliphatic carboxylic acids is 1. The van der Waals surface area contributed by atoms with Crippen molar-refractivity contribution >= 4 is 12.0 Å². The Balaban J connectivity index is 2.70. The van der Waals surface area contributed by atoms with Crippen LogP contribution in [0, 0.1) is 0 Å². The fourth-order valence-electron chi connectivity index (χ4n) is 1.03. The predicted octanol–water partition coefficient (Wildman–Crippen LogP) is 1.40. The van der Waals surface area contributed by atoms with Gasteiger partial charge in [-0.15, -0.1) is 0 Å². The zero-order valence-electron chi connectivity index (χ0n) is 7.94. The topological polar surface area (TPSA) is 40.1 Å². The summed E-state index contributed by atoms with van der Waals surface area (Å²) in [6, 6.07) is 9.68. The molecule has 1 aromatic carbocycles. The number of hydrogen-bond donors (Lipinski definition) is 0. The highest BCUT2D eigenvalue weighted by atomic mass is 16.4. The minimum Gasteiger partial charge on any atom is -0.545 e. The fraction of sp³-hybridized carbons (Fsp3) is 0.0833. The maximum atomic E-state index is 10.2. The van der Waals surface area contributed by atoms with Crippen molar-refractivity contribution in [2.24, 2.45) is 0 Å². The lowest BCUT2D eigenvalue weighted by atomic mass is 10.2. The van der Waals surface area contributed by atoms with Crippen molar-refractivity contribution < 1.29 is 9.90 Å². The van der Waals surface area contributed by atoms with Crippen molar-refractivity contribution in [1.29, 1.82) is 0 Å². The lowest BCUT2D eigenvalue weighted by molar-refractivity contribution is -0.297. The maximum absolute atomic E-state index is 10.2. The van der Waals surface area contributed by atoms with E-state index < -0.39 is 5.97 Å². The standard InChI is InChI=1S/C12H12O2/c1-10(9-12(13)14)7-8-11-5-3-2-4-6-11/h2-9H,1H3,(H,13,14)/p-1. The Kier molecular flexibility index (Phi) is 3.68. The molecule has 72 valence electrons. The summed E-state index contributed by atoms with van der Waals surface area (Å²) >= 11 is 0. The molecule has 14 heavy (non-hydrogen) atoms. The molecule has 0 bridgehead atoms. The van der Waals surface area contributed by atoms with Crippen molar-refractivity contribution in [3.8, 4) is 0 Å². The molecule has 0 N–H and O–H groups in total. The Morgan fingerprint density at radius 1 is 1.29 bits per heavy atom. The van der Waals surface area contributed by atoms with Crippen LogP contribution in [0.25, 0.3) is 6.08 Å². The zero-order chi connectivity index (χ0) is 10.4. The fourth-order valence-corrected chi connectivity index (χ4v) is 1.03. The van der Waals surface area contributed by atoms with Crippen molar-refractivity contribution in [1.82, 2.24) is 0 Å². The van der Waals surface area contributed by atoms with Crippen LogP contribution in [0.2, 0.25) is 0 Å². The van der Waals surface area contributed by atoms with Gasteiger partial charge >= 0.3 is 0 Å². The van der Waals surface area contributed by atoms with Gasteiger partial charge in [-0.3, -0.25) is 0 Å². The summed E-state index contributed by atoms with van der Waals surface area (Å²) in [5.74, 6) is -1.17. The van der Waals surface area contributed by atoms with Crippen molar-refractivity contribution in [2.45, 2.75) is 6.92 Å². The third-order valence-electron chi connectivity index (χ3n) is 1.68. The van der Waals surface area contributed by atoms with Crippen LogP contribution in [-0.4, -0.2) is 5.97 Å². The van der Waals surface area contributed by atoms with Crippen LogP contribution in [-0.2, 0) is 4.79 Å². The van der Waals surface area contributed by atoms with E-state index in [1.54, 1.807) is 13.0 Å². The third kappa shape index (κ3) is 3.72. The molecule has 0 aliphatic rings. The average molecular weight is 187 g/mol. The summed E-state index contributed by atoms with van der Waals surface area (Å²) in [5.41, 5.74) is 1.70. The molecule has 0 heterocycles. The Morgan fingerprint density at radius 3 is 2.50 bits per heavy atom. The third-order valence-corrected chi connectivity index (χ3v) is 1.68. The largest absolute Gasteiger partial charge is 0.545 e. The van der Waals surface area contributed by atoms with Gasteiger partial charge in [-0.1, -0.05) is 42.5 Å². The number of carbonyl (C=O) groups is 1. The molecular weight excluding hydrogens is 176 g/mol. The van der Waals surface area contributed by atoms with Gasteiger partial charge < -0.3 is 9.90 Å². The second-order valence-electron chi connectivity index (χ2n) is 2.95. The van der Waals surface area contributed by atoms with Crippen molar-refractivity contribution in [2.75, 3.05) is 0 Å². The van der Waals surface area contributed by atoms with E-state index in [4.69, 9.17) is 0 Å². The highest BCUT2D eigenvalue weighted by molar-refractivity contribution is 5.79. The molecule has 0 atom stereocenters. The Hall–Kier alpha value is -1.83. The minimum atomic E-state index is -1.17.